The van der Waals surface area contributed by atoms with Gasteiger partial charge in [0.25, 0.3) is 5.91 Å². The molecule has 0 unspecified atom stereocenters. The maximum atomic E-state index is 11.1. The third kappa shape index (κ3) is 1.94. The molecule has 1 amide bonds. The fraction of sp³-hybridized carbons (Fsp3) is 0.364. The maximum Gasteiger partial charge on any atom is 0.262 e. The molecule has 0 saturated heterocycles. The molecule has 1 aromatic carbocycles. The van der Waals surface area contributed by atoms with Crippen molar-refractivity contribution in [3.05, 3.63) is 23.8 Å². The molecule has 2 rings (SSSR count). The van der Waals surface area contributed by atoms with Crippen molar-refractivity contribution in [1.29, 1.82) is 0 Å². The van der Waals surface area contributed by atoms with E-state index in [-0.39, 0.29) is 12.5 Å². The van der Waals surface area contributed by atoms with Crippen LogP contribution in [0.2, 0.25) is 0 Å². The molecule has 0 radical (unpaired) electrons. The number of amides is 1. The second-order valence-electron chi connectivity index (χ2n) is 3.52. The molecule has 1 aliphatic heterocycles. The van der Waals surface area contributed by atoms with Crippen molar-refractivity contribution >= 4 is 11.6 Å². The summed E-state index contributed by atoms with van der Waals surface area (Å²) < 4.78 is 5.21. The first-order valence-electron chi connectivity index (χ1n) is 4.95. The summed E-state index contributed by atoms with van der Waals surface area (Å²) in [6, 6.07) is 5.33. The van der Waals surface area contributed by atoms with E-state index in [1.165, 1.54) is 0 Å². The van der Waals surface area contributed by atoms with Crippen molar-refractivity contribution in [2.45, 2.75) is 19.4 Å². The molecule has 0 fully saturated rings. The van der Waals surface area contributed by atoms with Gasteiger partial charge < -0.3 is 15.2 Å². The van der Waals surface area contributed by atoms with Crippen LogP contribution < -0.4 is 10.1 Å². The molecule has 1 heterocycles. The number of hydrogen-bond donors (Lipinski definition) is 2. The smallest absolute Gasteiger partial charge is 0.262 e. The third-order valence-electron chi connectivity index (χ3n) is 2.41. The largest absolute Gasteiger partial charge is 0.482 e. The molecular formula is C11H13NO3. The molecule has 4 nitrogen and oxygen atoms in total. The molecule has 0 aliphatic carbocycles. The molecule has 2 N–H and O–H groups in total. The zero-order valence-electron chi connectivity index (χ0n) is 8.49. The summed E-state index contributed by atoms with van der Waals surface area (Å²) in [5.74, 6) is 0.493. The number of anilines is 1. The Morgan fingerprint density at radius 2 is 2.40 bits per heavy atom. The molecule has 0 bridgehead atoms. The third-order valence-corrected chi connectivity index (χ3v) is 2.41. The summed E-state index contributed by atoms with van der Waals surface area (Å²) in [7, 11) is 0. The summed E-state index contributed by atoms with van der Waals surface area (Å²) >= 11 is 0. The monoisotopic (exact) mass is 207 g/mol. The number of rotatable bonds is 2. The molecule has 0 spiro atoms. The van der Waals surface area contributed by atoms with E-state index in [4.69, 9.17) is 4.74 Å². The molecule has 0 saturated carbocycles. The van der Waals surface area contributed by atoms with E-state index in [9.17, 15) is 9.90 Å². The van der Waals surface area contributed by atoms with Crippen molar-refractivity contribution in [1.82, 2.24) is 0 Å². The summed E-state index contributed by atoms with van der Waals surface area (Å²) in [5, 5.41) is 12.3. The summed E-state index contributed by atoms with van der Waals surface area (Å²) in [4.78, 5) is 11.1. The van der Waals surface area contributed by atoms with Crippen LogP contribution in [0.4, 0.5) is 5.69 Å². The first kappa shape index (κ1) is 9.98. The molecule has 1 aromatic rings. The Morgan fingerprint density at radius 1 is 1.60 bits per heavy atom. The Kier molecular flexibility index (Phi) is 2.60. The van der Waals surface area contributed by atoms with E-state index in [1.54, 1.807) is 12.1 Å². The second-order valence-corrected chi connectivity index (χ2v) is 3.52. The fourth-order valence-corrected chi connectivity index (χ4v) is 1.54. The highest BCUT2D eigenvalue weighted by atomic mass is 16.5. The zero-order chi connectivity index (χ0) is 10.8. The van der Waals surface area contributed by atoms with E-state index in [2.05, 4.69) is 5.32 Å². The summed E-state index contributed by atoms with van der Waals surface area (Å²) in [5.41, 5.74) is 1.43. The predicted molar refractivity (Wildman–Crippen MR) is 55.8 cm³/mol. The van der Waals surface area contributed by atoms with Gasteiger partial charge in [0.15, 0.2) is 6.61 Å². The average Bonchev–Trinajstić information content (AvgIpc) is 2.27. The van der Waals surface area contributed by atoms with E-state index >= 15 is 0 Å². The number of benzene rings is 1. The summed E-state index contributed by atoms with van der Waals surface area (Å²) in [6.07, 6.45) is 0.155. The number of carbonyl (C=O) groups excluding carboxylic acids is 1. The quantitative estimate of drug-likeness (QED) is 0.771. The van der Waals surface area contributed by atoms with Crippen molar-refractivity contribution in [2.24, 2.45) is 0 Å². The minimum Gasteiger partial charge on any atom is -0.482 e. The highest BCUT2D eigenvalue weighted by Crippen LogP contribution is 2.31. The van der Waals surface area contributed by atoms with Crippen molar-refractivity contribution in [2.75, 3.05) is 11.9 Å². The van der Waals surface area contributed by atoms with Crippen LogP contribution in [0.15, 0.2) is 18.2 Å². The lowest BCUT2D eigenvalue weighted by Gasteiger charge is -2.19. The van der Waals surface area contributed by atoms with Crippen LogP contribution in [-0.2, 0) is 4.79 Å². The van der Waals surface area contributed by atoms with E-state index in [1.807, 2.05) is 13.0 Å². The van der Waals surface area contributed by atoms with Gasteiger partial charge in [-0.2, -0.15) is 0 Å². The second kappa shape index (κ2) is 3.90. The summed E-state index contributed by atoms with van der Waals surface area (Å²) in [6.45, 7) is 1.96. The number of nitrogens with one attached hydrogen (secondary N) is 1. The molecule has 0 aromatic heterocycles. The van der Waals surface area contributed by atoms with Gasteiger partial charge in [0.2, 0.25) is 0 Å². The standard InChI is InChI=1S/C11H13NO3/c1-2-9(13)7-3-4-10-8(5-7)12-11(14)6-15-10/h3-5,9,13H,2,6H2,1H3,(H,12,14)/t9-/m1/s1. The number of hydrogen-bond acceptors (Lipinski definition) is 3. The first-order valence-corrected chi connectivity index (χ1v) is 4.95. The number of fused-ring (bicyclic) bond motifs is 1. The van der Waals surface area contributed by atoms with Crippen molar-refractivity contribution in [3.63, 3.8) is 0 Å². The van der Waals surface area contributed by atoms with Gasteiger partial charge in [0, 0.05) is 0 Å². The van der Waals surface area contributed by atoms with E-state index < -0.39 is 6.10 Å². The molecular weight excluding hydrogens is 194 g/mol. The topological polar surface area (TPSA) is 58.6 Å². The molecule has 80 valence electrons. The van der Waals surface area contributed by atoms with Gasteiger partial charge in [0.05, 0.1) is 11.8 Å². The van der Waals surface area contributed by atoms with Crippen LogP contribution in [0, 0.1) is 0 Å². The van der Waals surface area contributed by atoms with Crippen LogP contribution >= 0.6 is 0 Å². The highest BCUT2D eigenvalue weighted by molar-refractivity contribution is 5.95. The van der Waals surface area contributed by atoms with Crippen LogP contribution in [0.5, 0.6) is 5.75 Å². The maximum absolute atomic E-state index is 11.1. The van der Waals surface area contributed by atoms with Crippen molar-refractivity contribution in [3.8, 4) is 5.75 Å². The van der Waals surface area contributed by atoms with Crippen LogP contribution in [0.1, 0.15) is 25.0 Å². The zero-order valence-corrected chi connectivity index (χ0v) is 8.49. The average molecular weight is 207 g/mol. The van der Waals surface area contributed by atoms with Crippen LogP contribution in [0.25, 0.3) is 0 Å². The van der Waals surface area contributed by atoms with Gasteiger partial charge >= 0.3 is 0 Å². The van der Waals surface area contributed by atoms with Crippen LogP contribution in [-0.4, -0.2) is 17.6 Å². The minimum absolute atomic E-state index is 0.0582. The Bertz CT molecular complexity index is 389. The number of ether oxygens (including phenoxy) is 1. The molecule has 1 aliphatic rings. The SMILES string of the molecule is CC[C@@H](O)c1ccc2c(c1)NC(=O)CO2. The van der Waals surface area contributed by atoms with Gasteiger partial charge in [0.1, 0.15) is 5.75 Å². The van der Waals surface area contributed by atoms with Gasteiger partial charge in [-0.05, 0) is 24.1 Å². The first-order chi connectivity index (χ1) is 7.20. The highest BCUT2D eigenvalue weighted by Gasteiger charge is 2.17. The lowest BCUT2D eigenvalue weighted by Crippen LogP contribution is -2.25. The Morgan fingerprint density at radius 3 is 3.13 bits per heavy atom. The normalized spacial score (nSPS) is 16.3. The van der Waals surface area contributed by atoms with E-state index in [0.717, 1.165) is 5.56 Å². The number of aliphatic hydroxyl groups is 1. The van der Waals surface area contributed by atoms with Gasteiger partial charge in [-0.25, -0.2) is 0 Å². The Hall–Kier alpha value is -1.55. The fourth-order valence-electron chi connectivity index (χ4n) is 1.54. The molecule has 15 heavy (non-hydrogen) atoms. The van der Waals surface area contributed by atoms with E-state index in [0.29, 0.717) is 17.9 Å². The lowest BCUT2D eigenvalue weighted by atomic mass is 10.1. The predicted octanol–water partition coefficient (Wildman–Crippen LogP) is 1.46. The Balaban J connectivity index is 2.32. The number of carbonyl (C=O) groups is 1. The Labute approximate surface area is 87.9 Å². The van der Waals surface area contributed by atoms with Gasteiger partial charge in [-0.15, -0.1) is 0 Å². The lowest BCUT2D eigenvalue weighted by molar-refractivity contribution is -0.118. The van der Waals surface area contributed by atoms with Gasteiger partial charge in [-0.3, -0.25) is 4.79 Å². The minimum atomic E-state index is -0.492. The molecule has 4 heteroatoms. The number of aliphatic hydroxyl groups excluding tert-OH is 1. The van der Waals surface area contributed by atoms with Crippen molar-refractivity contribution < 1.29 is 14.6 Å². The van der Waals surface area contributed by atoms with Gasteiger partial charge in [-0.1, -0.05) is 13.0 Å². The van der Waals surface area contributed by atoms with Crippen LogP contribution in [0.3, 0.4) is 0 Å². The molecule has 1 atom stereocenters.